The second-order valence-corrected chi connectivity index (χ2v) is 5.57. The number of rotatable bonds is 6. The van der Waals surface area contributed by atoms with Gasteiger partial charge in [0, 0.05) is 18.0 Å². The first kappa shape index (κ1) is 14.1. The Balaban J connectivity index is 1.79. The second kappa shape index (κ2) is 6.20. The summed E-state index contributed by atoms with van der Waals surface area (Å²) in [5, 5.41) is 6.44. The summed E-state index contributed by atoms with van der Waals surface area (Å²) in [6.07, 6.45) is 2.10. The topological polar surface area (TPSA) is 41.1 Å². The van der Waals surface area contributed by atoms with Crippen LogP contribution in [0.15, 0.2) is 30.3 Å². The van der Waals surface area contributed by atoms with E-state index in [1.807, 2.05) is 19.9 Å². The minimum atomic E-state index is -0.118. The zero-order valence-electron chi connectivity index (χ0n) is 12.0. The van der Waals surface area contributed by atoms with E-state index in [2.05, 4.69) is 41.8 Å². The van der Waals surface area contributed by atoms with Gasteiger partial charge in [0.2, 0.25) is 5.91 Å². The molecule has 19 heavy (non-hydrogen) atoms. The van der Waals surface area contributed by atoms with Crippen LogP contribution in [0.3, 0.4) is 0 Å². The third-order valence-electron chi connectivity index (χ3n) is 3.88. The monoisotopic (exact) mass is 260 g/mol. The first-order valence-corrected chi connectivity index (χ1v) is 7.23. The van der Waals surface area contributed by atoms with Gasteiger partial charge < -0.3 is 10.6 Å². The minimum Gasteiger partial charge on any atom is -0.352 e. The summed E-state index contributed by atoms with van der Waals surface area (Å²) in [4.78, 5) is 11.9. The summed E-state index contributed by atoms with van der Waals surface area (Å²) in [6, 6.07) is 11.1. The molecule has 1 aromatic carbocycles. The van der Waals surface area contributed by atoms with Gasteiger partial charge in [-0.15, -0.1) is 0 Å². The molecule has 0 aliphatic heterocycles. The number of carbonyl (C=O) groups excluding carboxylic acids is 1. The summed E-state index contributed by atoms with van der Waals surface area (Å²) in [5.74, 6) is 0.674. The van der Waals surface area contributed by atoms with Crippen LogP contribution in [0.25, 0.3) is 0 Å². The van der Waals surface area contributed by atoms with Gasteiger partial charge in [0.25, 0.3) is 0 Å². The molecule has 1 saturated carbocycles. The van der Waals surface area contributed by atoms with Crippen molar-refractivity contribution in [1.29, 1.82) is 0 Å². The lowest BCUT2D eigenvalue weighted by Crippen LogP contribution is -2.46. The molecule has 2 rings (SSSR count). The lowest BCUT2D eigenvalue weighted by Gasteiger charge is -2.17. The van der Waals surface area contributed by atoms with E-state index in [0.29, 0.717) is 12.0 Å². The average Bonchev–Trinajstić information content (AvgIpc) is 3.18. The van der Waals surface area contributed by atoms with Gasteiger partial charge in [0.1, 0.15) is 0 Å². The highest BCUT2D eigenvalue weighted by Gasteiger charge is 2.39. The highest BCUT2D eigenvalue weighted by molar-refractivity contribution is 5.81. The first-order chi connectivity index (χ1) is 9.11. The van der Waals surface area contributed by atoms with E-state index in [1.165, 1.54) is 5.56 Å². The molecule has 1 aromatic rings. The molecule has 104 valence electrons. The van der Waals surface area contributed by atoms with Crippen LogP contribution in [-0.2, 0) is 4.79 Å². The van der Waals surface area contributed by atoms with Crippen molar-refractivity contribution < 1.29 is 4.79 Å². The number of amides is 1. The first-order valence-electron chi connectivity index (χ1n) is 7.23. The minimum absolute atomic E-state index is 0.105. The van der Waals surface area contributed by atoms with E-state index >= 15 is 0 Å². The van der Waals surface area contributed by atoms with Crippen LogP contribution in [0.2, 0.25) is 0 Å². The Bertz CT molecular complexity index is 418. The fourth-order valence-corrected chi connectivity index (χ4v) is 2.31. The molecule has 1 amide bonds. The molecule has 2 N–H and O–H groups in total. The molecular formula is C16H24N2O. The summed E-state index contributed by atoms with van der Waals surface area (Å²) in [7, 11) is 0. The largest absolute Gasteiger partial charge is 0.352 e. The molecule has 1 aliphatic rings. The number of hydrogen-bond donors (Lipinski definition) is 2. The number of hydrogen-bond acceptors (Lipinski definition) is 2. The van der Waals surface area contributed by atoms with Crippen LogP contribution in [0.4, 0.5) is 0 Å². The van der Waals surface area contributed by atoms with E-state index in [4.69, 9.17) is 0 Å². The van der Waals surface area contributed by atoms with Gasteiger partial charge in [-0.2, -0.15) is 0 Å². The van der Waals surface area contributed by atoms with Crippen LogP contribution in [0.1, 0.15) is 45.1 Å². The van der Waals surface area contributed by atoms with E-state index < -0.39 is 0 Å². The van der Waals surface area contributed by atoms with Crippen molar-refractivity contribution >= 4 is 5.91 Å². The molecule has 0 radical (unpaired) electrons. The van der Waals surface area contributed by atoms with Crippen molar-refractivity contribution in [1.82, 2.24) is 10.6 Å². The van der Waals surface area contributed by atoms with E-state index in [-0.39, 0.29) is 18.0 Å². The van der Waals surface area contributed by atoms with Crippen molar-refractivity contribution in [2.24, 2.45) is 0 Å². The van der Waals surface area contributed by atoms with Crippen molar-refractivity contribution in [3.05, 3.63) is 35.9 Å². The Morgan fingerprint density at radius 2 is 2.00 bits per heavy atom. The van der Waals surface area contributed by atoms with Gasteiger partial charge in [0.05, 0.1) is 6.04 Å². The summed E-state index contributed by atoms with van der Waals surface area (Å²) >= 11 is 0. The molecule has 0 heterocycles. The van der Waals surface area contributed by atoms with E-state index in [9.17, 15) is 4.79 Å². The molecule has 1 aliphatic carbocycles. The van der Waals surface area contributed by atoms with Gasteiger partial charge in [-0.25, -0.2) is 0 Å². The fourth-order valence-electron chi connectivity index (χ4n) is 2.31. The zero-order chi connectivity index (χ0) is 13.8. The molecule has 0 bridgehead atoms. The van der Waals surface area contributed by atoms with Crippen molar-refractivity contribution in [3.8, 4) is 0 Å². The van der Waals surface area contributed by atoms with Gasteiger partial charge in [0.15, 0.2) is 0 Å². The van der Waals surface area contributed by atoms with E-state index in [0.717, 1.165) is 12.8 Å². The Morgan fingerprint density at radius 1 is 1.32 bits per heavy atom. The lowest BCUT2D eigenvalue weighted by atomic mass is 10.1. The van der Waals surface area contributed by atoms with Crippen LogP contribution in [0, 0.1) is 0 Å². The van der Waals surface area contributed by atoms with Gasteiger partial charge in [-0.05, 0) is 32.3 Å². The summed E-state index contributed by atoms with van der Waals surface area (Å²) < 4.78 is 0. The van der Waals surface area contributed by atoms with Crippen LogP contribution in [0.5, 0.6) is 0 Å². The maximum atomic E-state index is 11.9. The third-order valence-corrected chi connectivity index (χ3v) is 3.88. The van der Waals surface area contributed by atoms with E-state index in [1.54, 1.807) is 0 Å². The zero-order valence-corrected chi connectivity index (χ0v) is 12.0. The number of nitrogens with one attached hydrogen (secondary N) is 2. The molecule has 0 aromatic heterocycles. The molecule has 3 nitrogen and oxygen atoms in total. The molecule has 1 fully saturated rings. The Labute approximate surface area is 115 Å². The van der Waals surface area contributed by atoms with Crippen LogP contribution in [-0.4, -0.2) is 24.0 Å². The smallest absolute Gasteiger partial charge is 0.237 e. The van der Waals surface area contributed by atoms with Gasteiger partial charge >= 0.3 is 0 Å². The summed E-state index contributed by atoms with van der Waals surface area (Å²) in [6.45, 7) is 6.06. The maximum absolute atomic E-state index is 11.9. The fraction of sp³-hybridized carbons (Fsp3) is 0.562. The van der Waals surface area contributed by atoms with Crippen molar-refractivity contribution in [3.63, 3.8) is 0 Å². The Hall–Kier alpha value is -1.35. The standard InChI is InChI=1S/C16H24N2O/c1-4-11(2)17-16(19)12(3)18-15-10-14(15)13-8-6-5-7-9-13/h5-9,11-12,14-15,18H,4,10H2,1-3H3,(H,17,19). The highest BCUT2D eigenvalue weighted by Crippen LogP contribution is 2.40. The Kier molecular flexibility index (Phi) is 4.59. The number of benzene rings is 1. The predicted octanol–water partition coefficient (Wildman–Crippen LogP) is 2.44. The quantitative estimate of drug-likeness (QED) is 0.825. The molecule has 0 spiro atoms. The molecular weight excluding hydrogens is 236 g/mol. The van der Waals surface area contributed by atoms with Crippen LogP contribution < -0.4 is 10.6 Å². The van der Waals surface area contributed by atoms with Gasteiger partial charge in [-0.3, -0.25) is 4.79 Å². The normalized spacial score (nSPS) is 24.6. The molecule has 3 heteroatoms. The molecule has 4 atom stereocenters. The van der Waals surface area contributed by atoms with Crippen LogP contribution >= 0.6 is 0 Å². The molecule has 4 unspecified atom stereocenters. The highest BCUT2D eigenvalue weighted by atomic mass is 16.2. The molecule has 0 saturated heterocycles. The SMILES string of the molecule is CCC(C)NC(=O)C(C)NC1CC1c1ccccc1. The lowest BCUT2D eigenvalue weighted by molar-refractivity contribution is -0.123. The average molecular weight is 260 g/mol. The Morgan fingerprint density at radius 3 is 2.63 bits per heavy atom. The summed E-state index contributed by atoms with van der Waals surface area (Å²) in [5.41, 5.74) is 1.37. The number of carbonyl (C=O) groups is 1. The van der Waals surface area contributed by atoms with Gasteiger partial charge in [-0.1, -0.05) is 37.3 Å². The second-order valence-electron chi connectivity index (χ2n) is 5.57. The maximum Gasteiger partial charge on any atom is 0.237 e. The van der Waals surface area contributed by atoms with Crippen molar-refractivity contribution in [2.75, 3.05) is 0 Å². The third kappa shape index (κ3) is 3.80. The van der Waals surface area contributed by atoms with Crippen molar-refractivity contribution in [2.45, 2.75) is 57.7 Å². The predicted molar refractivity (Wildman–Crippen MR) is 78.1 cm³/mol.